The predicted octanol–water partition coefficient (Wildman–Crippen LogP) is 2.32. The fourth-order valence-corrected chi connectivity index (χ4v) is 0.264. The molecule has 62 valence electrons. The topological polar surface area (TPSA) is 38.7 Å². The second kappa shape index (κ2) is 2.82. The third-order valence-electron chi connectivity index (χ3n) is 0.464. The first kappa shape index (κ1) is 9.82. The van der Waals surface area contributed by atoms with Crippen LogP contribution in [0.1, 0.15) is 0 Å². The van der Waals surface area contributed by atoms with Gasteiger partial charge < -0.3 is 0 Å². The van der Waals surface area contributed by atoms with Crippen molar-refractivity contribution in [2.45, 2.75) is 5.25 Å². The predicted molar refractivity (Wildman–Crippen MR) is 24.9 cm³/mol. The van der Waals surface area contributed by atoms with Crippen molar-refractivity contribution in [1.29, 1.82) is 0 Å². The Balaban J connectivity index is 4.10. The lowest BCUT2D eigenvalue weighted by atomic mass is 10.9. The molecule has 10 heavy (non-hydrogen) atoms. The normalized spacial score (nSPS) is 15.3. The number of alkyl halides is 2. The van der Waals surface area contributed by atoms with Gasteiger partial charge in [-0.05, 0) is 0 Å². The Hall–Kier alpha value is -0.180. The minimum Gasteiger partial charge on any atom is -0.220 e. The molecule has 0 heterocycles. The standard InChI is InChI=1S/C2H2F4O3S/c1-2(3,4)10(5,6)9-8-7/h1H2/p+1. The molecular formula is C2H3F4O3S+. The molecule has 0 spiro atoms. The van der Waals surface area contributed by atoms with Crippen LogP contribution in [-0.2, 0) is 9.37 Å². The third-order valence-corrected chi connectivity index (χ3v) is 1.39. The molecule has 0 aliphatic rings. The summed E-state index contributed by atoms with van der Waals surface area (Å²) in [5, 5.41) is 5.06. The molecule has 8 heteroatoms. The summed E-state index contributed by atoms with van der Waals surface area (Å²) in [6, 6.07) is 0. The van der Waals surface area contributed by atoms with E-state index in [1.807, 2.05) is 0 Å². The van der Waals surface area contributed by atoms with Crippen LogP contribution in [-0.4, -0.2) is 10.5 Å². The molecule has 0 bridgehead atoms. The van der Waals surface area contributed by atoms with E-state index >= 15 is 0 Å². The summed E-state index contributed by atoms with van der Waals surface area (Å²) in [6.45, 7) is 1.80. The average Bonchev–Trinajstić information content (AvgIpc) is 1.61. The molecule has 0 rings (SSSR count). The molecule has 0 unspecified atom stereocenters. The molecule has 3 nitrogen and oxygen atoms in total. The molecule has 0 aliphatic heterocycles. The van der Waals surface area contributed by atoms with Gasteiger partial charge in [-0.3, -0.25) is 0 Å². The first-order valence-corrected chi connectivity index (χ1v) is 3.12. The first-order chi connectivity index (χ1) is 4.31. The SMILES string of the molecule is [CH2+]C(F)(F)S(F)(F)OOO. The van der Waals surface area contributed by atoms with Gasteiger partial charge in [-0.15, -0.1) is 16.6 Å². The van der Waals surface area contributed by atoms with Gasteiger partial charge in [-0.2, -0.15) is 0 Å². The zero-order valence-electron chi connectivity index (χ0n) is 4.39. The highest BCUT2D eigenvalue weighted by molar-refractivity contribution is 8.22. The number of hydrogen-bond donors (Lipinski definition) is 1. The van der Waals surface area contributed by atoms with Gasteiger partial charge in [0.05, 0.1) is 0 Å². The minimum absolute atomic E-state index is 1.80. The number of rotatable bonds is 3. The van der Waals surface area contributed by atoms with Gasteiger partial charge in [-0.25, -0.2) is 5.26 Å². The van der Waals surface area contributed by atoms with E-state index < -0.39 is 16.3 Å². The molecule has 0 aromatic rings. The lowest BCUT2D eigenvalue weighted by Crippen LogP contribution is -2.16. The van der Waals surface area contributed by atoms with E-state index in [-0.39, 0.29) is 0 Å². The Morgan fingerprint density at radius 2 is 1.80 bits per heavy atom. The molecule has 0 fully saturated rings. The highest BCUT2D eigenvalue weighted by atomic mass is 32.3. The summed E-state index contributed by atoms with van der Waals surface area (Å²) in [7, 11) is 0. The molecule has 0 atom stereocenters. The highest BCUT2D eigenvalue weighted by Gasteiger charge is 2.58. The Morgan fingerprint density at radius 1 is 1.40 bits per heavy atom. The zero-order valence-corrected chi connectivity index (χ0v) is 5.21. The van der Waals surface area contributed by atoms with Crippen molar-refractivity contribution >= 4 is 11.1 Å². The van der Waals surface area contributed by atoms with Crippen molar-refractivity contribution in [2.75, 3.05) is 0 Å². The maximum atomic E-state index is 11.7. The lowest BCUT2D eigenvalue weighted by molar-refractivity contribution is -0.440. The van der Waals surface area contributed by atoms with E-state index in [2.05, 4.69) is 9.37 Å². The minimum atomic E-state index is -5.76. The molecule has 0 saturated carbocycles. The van der Waals surface area contributed by atoms with Crippen LogP contribution in [0, 0.1) is 6.92 Å². The van der Waals surface area contributed by atoms with Gasteiger partial charge in [0, 0.05) is 0 Å². The molecule has 0 aromatic heterocycles. The van der Waals surface area contributed by atoms with Crippen LogP contribution in [0.4, 0.5) is 16.6 Å². The summed E-state index contributed by atoms with van der Waals surface area (Å²) in [5.74, 6) is 0. The summed E-state index contributed by atoms with van der Waals surface area (Å²) in [4.78, 5) is 0. The highest BCUT2D eigenvalue weighted by Crippen LogP contribution is 2.64. The maximum absolute atomic E-state index is 11.7. The van der Waals surface area contributed by atoms with Crippen LogP contribution in [0.25, 0.3) is 0 Å². The zero-order chi connectivity index (χ0) is 8.41. The van der Waals surface area contributed by atoms with E-state index in [0.717, 1.165) is 0 Å². The molecule has 0 aromatic carbocycles. The molecule has 1 N–H and O–H groups in total. The summed E-state index contributed by atoms with van der Waals surface area (Å²) >= 11 is -5.76. The van der Waals surface area contributed by atoms with Crippen molar-refractivity contribution in [3.63, 3.8) is 0 Å². The Kier molecular flexibility index (Phi) is 2.77. The van der Waals surface area contributed by atoms with Crippen LogP contribution in [0.15, 0.2) is 0 Å². The molecule has 0 saturated heterocycles. The Labute approximate surface area is 55.5 Å². The van der Waals surface area contributed by atoms with Gasteiger partial charge in [0.2, 0.25) is 0 Å². The lowest BCUT2D eigenvalue weighted by Gasteiger charge is -2.16. The van der Waals surface area contributed by atoms with Gasteiger partial charge >= 0.3 is 16.3 Å². The fourth-order valence-electron chi connectivity index (χ4n) is 0.0880. The monoisotopic (exact) mass is 183 g/mol. The van der Waals surface area contributed by atoms with Crippen LogP contribution in [0.3, 0.4) is 0 Å². The van der Waals surface area contributed by atoms with Gasteiger partial charge in [0.1, 0.15) is 0 Å². The second-order valence-corrected chi connectivity index (χ2v) is 2.78. The number of hydrogen-bond acceptors (Lipinski definition) is 3. The second-order valence-electron chi connectivity index (χ2n) is 1.20. The average molecular weight is 183 g/mol. The fraction of sp³-hybridized carbons (Fsp3) is 0.500. The summed E-state index contributed by atoms with van der Waals surface area (Å²) in [6.07, 6.45) is 0. The van der Waals surface area contributed by atoms with Crippen molar-refractivity contribution in [2.24, 2.45) is 0 Å². The van der Waals surface area contributed by atoms with E-state index in [9.17, 15) is 16.6 Å². The van der Waals surface area contributed by atoms with Gasteiger partial charge in [-0.1, -0.05) is 9.37 Å². The van der Waals surface area contributed by atoms with Crippen LogP contribution >= 0.6 is 11.1 Å². The van der Waals surface area contributed by atoms with Crippen molar-refractivity contribution < 1.29 is 31.2 Å². The smallest absolute Gasteiger partial charge is 0.220 e. The summed E-state index contributed by atoms with van der Waals surface area (Å²) < 4.78 is 49.1. The molecular weight excluding hydrogens is 180 g/mol. The van der Waals surface area contributed by atoms with Crippen LogP contribution in [0.2, 0.25) is 0 Å². The number of halogens is 4. The van der Waals surface area contributed by atoms with E-state index in [1.54, 1.807) is 6.92 Å². The van der Waals surface area contributed by atoms with E-state index in [0.29, 0.717) is 0 Å². The third kappa shape index (κ3) is 2.21. The van der Waals surface area contributed by atoms with E-state index in [4.69, 9.17) is 5.26 Å². The Morgan fingerprint density at radius 3 is 1.90 bits per heavy atom. The quantitative estimate of drug-likeness (QED) is 0.316. The van der Waals surface area contributed by atoms with E-state index in [1.165, 1.54) is 0 Å². The largest absolute Gasteiger partial charge is 0.495 e. The molecule has 0 amide bonds. The molecule has 0 aliphatic carbocycles. The molecule has 0 radical (unpaired) electrons. The maximum Gasteiger partial charge on any atom is 0.495 e. The first-order valence-electron chi connectivity index (χ1n) is 1.76. The van der Waals surface area contributed by atoms with Gasteiger partial charge in [0.25, 0.3) is 0 Å². The van der Waals surface area contributed by atoms with Gasteiger partial charge in [0.15, 0.2) is 6.92 Å². The van der Waals surface area contributed by atoms with Crippen LogP contribution < -0.4 is 0 Å². The Bertz CT molecular complexity index is 112. The van der Waals surface area contributed by atoms with Crippen LogP contribution in [0.5, 0.6) is 0 Å². The van der Waals surface area contributed by atoms with Crippen molar-refractivity contribution in [3.05, 3.63) is 6.92 Å². The summed E-state index contributed by atoms with van der Waals surface area (Å²) in [5.41, 5.74) is 0. The van der Waals surface area contributed by atoms with Crippen molar-refractivity contribution in [1.82, 2.24) is 0 Å². The van der Waals surface area contributed by atoms with Crippen molar-refractivity contribution in [3.8, 4) is 0 Å².